The van der Waals surface area contributed by atoms with E-state index in [4.69, 9.17) is 4.74 Å². The van der Waals surface area contributed by atoms with Gasteiger partial charge < -0.3 is 15.4 Å². The van der Waals surface area contributed by atoms with E-state index in [0.717, 1.165) is 16.9 Å². The van der Waals surface area contributed by atoms with Crippen LogP contribution in [0, 0.1) is 5.82 Å². The number of halogens is 1. The summed E-state index contributed by atoms with van der Waals surface area (Å²) in [7, 11) is 0. The summed E-state index contributed by atoms with van der Waals surface area (Å²) in [5.74, 6) is 0.570. The number of rotatable bonds is 10. The number of hydrogen-bond donors (Lipinski definition) is 2. The molecule has 1 amide bonds. The van der Waals surface area contributed by atoms with Crippen LogP contribution in [0.25, 0.3) is 11.0 Å². The van der Waals surface area contributed by atoms with E-state index in [1.54, 1.807) is 22.6 Å². The number of thioether (sulfide) groups is 1. The molecule has 10 heteroatoms. The molecule has 0 radical (unpaired) electrons. The summed E-state index contributed by atoms with van der Waals surface area (Å²) in [6.45, 7) is 8.96. The van der Waals surface area contributed by atoms with Crippen molar-refractivity contribution in [1.82, 2.24) is 25.1 Å². The minimum absolute atomic E-state index is 0.148. The van der Waals surface area contributed by atoms with Crippen LogP contribution < -0.4 is 15.4 Å². The van der Waals surface area contributed by atoms with E-state index in [9.17, 15) is 9.18 Å². The molecule has 0 unspecified atom stereocenters. The maximum Gasteiger partial charge on any atom is 0.258 e. The number of carbonyl (C=O) groups excluding carboxylic acids is 1. The maximum absolute atomic E-state index is 12.9. The Hall–Kier alpha value is -2.88. The van der Waals surface area contributed by atoms with Gasteiger partial charge >= 0.3 is 0 Å². The lowest BCUT2D eigenvalue weighted by Gasteiger charge is -2.12. The van der Waals surface area contributed by atoms with Gasteiger partial charge in [0.1, 0.15) is 17.4 Å². The minimum atomic E-state index is -0.353. The van der Waals surface area contributed by atoms with Gasteiger partial charge in [-0.3, -0.25) is 4.79 Å². The summed E-state index contributed by atoms with van der Waals surface area (Å²) in [5.41, 5.74) is 0.720. The number of carbonyl (C=O) groups is 1. The topological polar surface area (TPSA) is 94.0 Å². The van der Waals surface area contributed by atoms with Crippen molar-refractivity contribution in [1.29, 1.82) is 0 Å². The van der Waals surface area contributed by atoms with Crippen molar-refractivity contribution in [3.8, 4) is 5.75 Å². The average Bonchev–Trinajstić information content (AvgIpc) is 3.10. The van der Waals surface area contributed by atoms with Crippen molar-refractivity contribution in [2.75, 3.05) is 18.5 Å². The quantitative estimate of drug-likeness (QED) is 0.364. The third kappa shape index (κ3) is 6.55. The van der Waals surface area contributed by atoms with E-state index < -0.39 is 0 Å². The van der Waals surface area contributed by atoms with Gasteiger partial charge in [-0.25, -0.2) is 19.0 Å². The molecule has 166 valence electrons. The summed E-state index contributed by atoms with van der Waals surface area (Å²) in [4.78, 5) is 21.4. The number of nitrogens with zero attached hydrogens (tertiary/aromatic N) is 4. The number of aromatic nitrogens is 4. The molecule has 2 N–H and O–H groups in total. The molecule has 31 heavy (non-hydrogen) atoms. The highest BCUT2D eigenvalue weighted by atomic mass is 32.2. The molecule has 8 nitrogen and oxygen atoms in total. The molecule has 3 aromatic rings. The smallest absolute Gasteiger partial charge is 0.258 e. The average molecular weight is 447 g/mol. The maximum atomic E-state index is 12.9. The van der Waals surface area contributed by atoms with Crippen LogP contribution in [0.3, 0.4) is 0 Å². The number of hydrogen-bond acceptors (Lipinski definition) is 7. The van der Waals surface area contributed by atoms with Crippen LogP contribution in [0.15, 0.2) is 35.6 Å². The predicted octanol–water partition coefficient (Wildman–Crippen LogP) is 3.48. The van der Waals surface area contributed by atoms with Crippen molar-refractivity contribution in [3.63, 3.8) is 0 Å². The molecule has 2 aromatic heterocycles. The van der Waals surface area contributed by atoms with Crippen LogP contribution in [0.1, 0.15) is 27.7 Å². The highest BCUT2D eigenvalue weighted by Gasteiger charge is 2.15. The largest absolute Gasteiger partial charge is 0.484 e. The fourth-order valence-corrected chi connectivity index (χ4v) is 3.48. The number of anilines is 1. The number of amides is 1. The Balaban J connectivity index is 1.62. The standard InChI is InChI=1S/C21H27FN6O2S/c1-13(2)25-19-17-11-24-28(20(17)27-21(26-19)31-14(3)4)10-9-23-18(29)12-30-16-7-5-15(22)6-8-16/h5-8,11,13-14H,9-10,12H2,1-4H3,(H,23,29)(H,25,26,27). The number of benzene rings is 1. The monoisotopic (exact) mass is 446 g/mol. The molecule has 1 aromatic carbocycles. The van der Waals surface area contributed by atoms with Crippen LogP contribution in [0.4, 0.5) is 10.2 Å². The second-order valence-corrected chi connectivity index (χ2v) is 9.06. The van der Waals surface area contributed by atoms with E-state index in [0.29, 0.717) is 29.2 Å². The SMILES string of the molecule is CC(C)Nc1nc(SC(C)C)nc2c1cnn2CCNC(=O)COc1ccc(F)cc1. The molecular weight excluding hydrogens is 419 g/mol. The molecule has 0 aliphatic carbocycles. The van der Waals surface area contributed by atoms with Crippen LogP contribution in [0.2, 0.25) is 0 Å². The van der Waals surface area contributed by atoms with E-state index >= 15 is 0 Å². The highest BCUT2D eigenvalue weighted by Crippen LogP contribution is 2.26. The van der Waals surface area contributed by atoms with Crippen LogP contribution in [-0.4, -0.2) is 50.1 Å². The summed E-state index contributed by atoms with van der Waals surface area (Å²) in [6.07, 6.45) is 1.74. The summed E-state index contributed by atoms with van der Waals surface area (Å²) < 4.78 is 20.0. The van der Waals surface area contributed by atoms with Crippen LogP contribution in [0.5, 0.6) is 5.75 Å². The van der Waals surface area contributed by atoms with Crippen LogP contribution >= 0.6 is 11.8 Å². The Kier molecular flexibility index (Phi) is 7.67. The molecule has 0 saturated heterocycles. The summed E-state index contributed by atoms with van der Waals surface area (Å²) >= 11 is 1.59. The summed E-state index contributed by atoms with van der Waals surface area (Å²) in [6, 6.07) is 5.75. The third-order valence-corrected chi connectivity index (χ3v) is 4.94. The predicted molar refractivity (Wildman–Crippen MR) is 120 cm³/mol. The Morgan fingerprint density at radius 3 is 2.61 bits per heavy atom. The Morgan fingerprint density at radius 2 is 1.94 bits per heavy atom. The molecule has 0 fully saturated rings. The fourth-order valence-electron chi connectivity index (χ4n) is 2.78. The zero-order chi connectivity index (χ0) is 22.4. The number of ether oxygens (including phenoxy) is 1. The van der Waals surface area contributed by atoms with Gasteiger partial charge in [-0.2, -0.15) is 5.10 Å². The van der Waals surface area contributed by atoms with Crippen molar-refractivity contribution >= 4 is 34.5 Å². The highest BCUT2D eigenvalue weighted by molar-refractivity contribution is 7.99. The van der Waals surface area contributed by atoms with E-state index in [1.807, 2.05) is 0 Å². The van der Waals surface area contributed by atoms with E-state index in [1.165, 1.54) is 24.3 Å². The van der Waals surface area contributed by atoms with Crippen molar-refractivity contribution in [2.24, 2.45) is 0 Å². The van der Waals surface area contributed by atoms with Crippen molar-refractivity contribution in [2.45, 2.75) is 50.7 Å². The van der Waals surface area contributed by atoms with Gasteiger partial charge in [0.05, 0.1) is 18.1 Å². The first kappa shape index (κ1) is 22.8. The van der Waals surface area contributed by atoms with Gasteiger partial charge in [-0.15, -0.1) is 0 Å². The minimum Gasteiger partial charge on any atom is -0.484 e. The van der Waals surface area contributed by atoms with Gasteiger partial charge in [0.2, 0.25) is 0 Å². The molecule has 3 rings (SSSR count). The molecule has 0 spiro atoms. The Labute approximate surface area is 185 Å². The Bertz CT molecular complexity index is 1020. The first-order valence-corrected chi connectivity index (χ1v) is 11.0. The second kappa shape index (κ2) is 10.4. The van der Waals surface area contributed by atoms with Gasteiger partial charge in [0.15, 0.2) is 17.4 Å². The normalized spacial score (nSPS) is 11.3. The molecule has 0 bridgehead atoms. The molecule has 0 saturated carbocycles. The lowest BCUT2D eigenvalue weighted by Crippen LogP contribution is -2.31. The fraction of sp³-hybridized carbons (Fsp3) is 0.429. The first-order chi connectivity index (χ1) is 14.8. The van der Waals surface area contributed by atoms with Crippen molar-refractivity contribution in [3.05, 3.63) is 36.3 Å². The zero-order valence-corrected chi connectivity index (χ0v) is 18.9. The van der Waals surface area contributed by atoms with Crippen molar-refractivity contribution < 1.29 is 13.9 Å². The van der Waals surface area contributed by atoms with Gasteiger partial charge in [-0.1, -0.05) is 25.6 Å². The zero-order valence-electron chi connectivity index (χ0n) is 18.1. The second-order valence-electron chi connectivity index (χ2n) is 7.52. The molecular formula is C21H27FN6O2S. The van der Waals surface area contributed by atoms with Gasteiger partial charge in [0, 0.05) is 17.8 Å². The van der Waals surface area contributed by atoms with E-state index in [2.05, 4.69) is 53.4 Å². The van der Waals surface area contributed by atoms with Crippen LogP contribution in [-0.2, 0) is 11.3 Å². The van der Waals surface area contributed by atoms with E-state index in [-0.39, 0.29) is 24.4 Å². The molecule has 0 atom stereocenters. The number of nitrogens with one attached hydrogen (secondary N) is 2. The van der Waals surface area contributed by atoms with Gasteiger partial charge in [-0.05, 0) is 38.1 Å². The lowest BCUT2D eigenvalue weighted by molar-refractivity contribution is -0.123. The Morgan fingerprint density at radius 1 is 1.19 bits per heavy atom. The number of fused-ring (bicyclic) bond motifs is 1. The molecule has 0 aliphatic rings. The molecule has 2 heterocycles. The molecule has 0 aliphatic heterocycles. The first-order valence-electron chi connectivity index (χ1n) is 10.1. The third-order valence-electron chi connectivity index (χ3n) is 4.07. The lowest BCUT2D eigenvalue weighted by atomic mass is 10.3. The van der Waals surface area contributed by atoms with Gasteiger partial charge in [0.25, 0.3) is 5.91 Å². The summed E-state index contributed by atoms with van der Waals surface area (Å²) in [5, 5.41) is 12.5.